The Balaban J connectivity index is 2.01. The van der Waals surface area contributed by atoms with E-state index < -0.39 is 4.92 Å². The van der Waals surface area contributed by atoms with Crippen LogP contribution in [0.1, 0.15) is 11.1 Å². The Morgan fingerprint density at radius 2 is 1.68 bits per heavy atom. The van der Waals surface area contributed by atoms with Crippen molar-refractivity contribution in [1.82, 2.24) is 0 Å². The molecule has 1 N–H and O–H groups in total. The lowest BCUT2D eigenvalue weighted by Crippen LogP contribution is -1.90. The van der Waals surface area contributed by atoms with E-state index in [-0.39, 0.29) is 11.4 Å². The first-order valence-corrected chi connectivity index (χ1v) is 6.43. The largest absolute Gasteiger partial charge is 0.507 e. The zero-order chi connectivity index (χ0) is 15.8. The topological polar surface area (TPSA) is 88.1 Å². The molecule has 0 aliphatic rings. The molecule has 2 aromatic rings. The summed E-state index contributed by atoms with van der Waals surface area (Å²) >= 11 is 0. The van der Waals surface area contributed by atoms with Crippen LogP contribution in [0, 0.1) is 10.1 Å². The Kier molecular flexibility index (Phi) is 5.15. The molecule has 0 atom stereocenters. The minimum Gasteiger partial charge on any atom is -0.507 e. The second kappa shape index (κ2) is 7.49. The van der Waals surface area contributed by atoms with Crippen molar-refractivity contribution in [3.05, 3.63) is 75.8 Å². The molecule has 6 nitrogen and oxygen atoms in total. The molecule has 22 heavy (non-hydrogen) atoms. The van der Waals surface area contributed by atoms with Gasteiger partial charge < -0.3 is 5.11 Å². The molecule has 0 spiro atoms. The average molecular weight is 295 g/mol. The molecule has 6 heteroatoms. The number of aromatic hydroxyl groups is 1. The number of hydrogen-bond donors (Lipinski definition) is 1. The average Bonchev–Trinajstić information content (AvgIpc) is 2.52. The van der Waals surface area contributed by atoms with E-state index >= 15 is 0 Å². The van der Waals surface area contributed by atoms with Crippen molar-refractivity contribution < 1.29 is 10.0 Å². The summed E-state index contributed by atoms with van der Waals surface area (Å²) in [6.45, 7) is 0. The van der Waals surface area contributed by atoms with Crippen molar-refractivity contribution >= 4 is 24.2 Å². The smallest absolute Gasteiger partial charge is 0.276 e. The molecular weight excluding hydrogens is 282 g/mol. The van der Waals surface area contributed by atoms with Crippen LogP contribution >= 0.6 is 0 Å². The summed E-state index contributed by atoms with van der Waals surface area (Å²) in [5.41, 5.74) is 1.08. The number of para-hydroxylation sites is 2. The third kappa shape index (κ3) is 4.11. The van der Waals surface area contributed by atoms with Gasteiger partial charge in [0.05, 0.1) is 16.7 Å². The first-order valence-electron chi connectivity index (χ1n) is 6.43. The van der Waals surface area contributed by atoms with Crippen LogP contribution in [-0.2, 0) is 0 Å². The van der Waals surface area contributed by atoms with Gasteiger partial charge in [0, 0.05) is 17.8 Å². The van der Waals surface area contributed by atoms with Gasteiger partial charge in [-0.1, -0.05) is 24.3 Å². The second-order valence-electron chi connectivity index (χ2n) is 4.24. The molecule has 0 aromatic heterocycles. The Bertz CT molecular complexity index is 752. The maximum atomic E-state index is 10.8. The highest BCUT2D eigenvalue weighted by molar-refractivity contribution is 5.84. The fourth-order valence-electron chi connectivity index (χ4n) is 1.71. The van der Waals surface area contributed by atoms with E-state index in [1.165, 1.54) is 18.5 Å². The number of allylic oxidation sites excluding steroid dienone is 1. The lowest BCUT2D eigenvalue weighted by Gasteiger charge is -1.95. The molecule has 110 valence electrons. The van der Waals surface area contributed by atoms with Gasteiger partial charge in [0.25, 0.3) is 5.69 Å². The highest BCUT2D eigenvalue weighted by Gasteiger charge is 2.08. The van der Waals surface area contributed by atoms with Crippen molar-refractivity contribution in [3.63, 3.8) is 0 Å². The summed E-state index contributed by atoms with van der Waals surface area (Å²) < 4.78 is 0. The number of nitro benzene ring substituents is 1. The molecular formula is C16H13N3O3. The van der Waals surface area contributed by atoms with E-state index in [4.69, 9.17) is 0 Å². The van der Waals surface area contributed by atoms with Gasteiger partial charge in [0.1, 0.15) is 5.75 Å². The molecule has 2 rings (SSSR count). The van der Waals surface area contributed by atoms with Crippen LogP contribution in [-0.4, -0.2) is 22.5 Å². The summed E-state index contributed by atoms with van der Waals surface area (Å²) in [6.07, 6.45) is 5.97. The molecule has 0 amide bonds. The molecule has 0 heterocycles. The van der Waals surface area contributed by atoms with Crippen LogP contribution in [0.4, 0.5) is 5.69 Å². The molecule has 0 unspecified atom stereocenters. The number of rotatable bonds is 5. The molecule has 0 aliphatic heterocycles. The highest BCUT2D eigenvalue weighted by atomic mass is 16.6. The predicted octanol–water partition coefficient (Wildman–Crippen LogP) is 3.42. The van der Waals surface area contributed by atoms with Gasteiger partial charge in [-0.2, -0.15) is 10.2 Å². The lowest BCUT2D eigenvalue weighted by molar-refractivity contribution is -0.385. The normalized spacial score (nSPS) is 11.6. The van der Waals surface area contributed by atoms with Crippen molar-refractivity contribution in [1.29, 1.82) is 0 Å². The molecule has 0 aliphatic carbocycles. The van der Waals surface area contributed by atoms with Crippen LogP contribution in [0.2, 0.25) is 0 Å². The number of phenolic OH excluding ortho intramolecular Hbond substituents is 1. The van der Waals surface area contributed by atoms with E-state index in [1.54, 1.807) is 54.6 Å². The van der Waals surface area contributed by atoms with E-state index in [1.807, 2.05) is 0 Å². The first-order chi connectivity index (χ1) is 10.7. The van der Waals surface area contributed by atoms with Gasteiger partial charge >= 0.3 is 0 Å². The zero-order valence-corrected chi connectivity index (χ0v) is 11.5. The summed E-state index contributed by atoms with van der Waals surface area (Å²) in [4.78, 5) is 10.4. The Morgan fingerprint density at radius 3 is 2.41 bits per heavy atom. The van der Waals surface area contributed by atoms with Crippen LogP contribution in [0.15, 0.2) is 64.8 Å². The van der Waals surface area contributed by atoms with E-state index in [2.05, 4.69) is 10.2 Å². The lowest BCUT2D eigenvalue weighted by atomic mass is 10.2. The quantitative estimate of drug-likeness (QED) is 0.520. The monoisotopic (exact) mass is 295 g/mol. The minimum atomic E-state index is -0.437. The number of nitrogens with zero attached hydrogens (tertiary/aromatic N) is 3. The third-order valence-corrected chi connectivity index (χ3v) is 2.76. The SMILES string of the molecule is O=[N+]([O-])c1ccccc1/C=C/C=N/N=C\c1ccccc1O. The first kappa shape index (κ1) is 15.1. The standard InChI is InChI=1S/C16H13N3O3/c20-16-10-4-2-7-14(16)12-18-17-11-5-8-13-6-1-3-9-15(13)19(21)22/h1-12,20H/b8-5+,17-11+,18-12-. The molecule has 2 aromatic carbocycles. The molecule has 0 saturated carbocycles. The number of nitro groups is 1. The van der Waals surface area contributed by atoms with Gasteiger partial charge in [-0.3, -0.25) is 10.1 Å². The van der Waals surface area contributed by atoms with Crippen molar-refractivity contribution in [2.24, 2.45) is 10.2 Å². The summed E-state index contributed by atoms with van der Waals surface area (Å²) in [5.74, 6) is 0.122. The number of phenols is 1. The minimum absolute atomic E-state index is 0.0323. The van der Waals surface area contributed by atoms with Crippen LogP contribution < -0.4 is 0 Å². The highest BCUT2D eigenvalue weighted by Crippen LogP contribution is 2.18. The van der Waals surface area contributed by atoms with Gasteiger partial charge in [-0.25, -0.2) is 0 Å². The maximum absolute atomic E-state index is 10.8. The van der Waals surface area contributed by atoms with Crippen molar-refractivity contribution in [2.75, 3.05) is 0 Å². The molecule has 0 fully saturated rings. The van der Waals surface area contributed by atoms with E-state index in [9.17, 15) is 15.2 Å². The fraction of sp³-hybridized carbons (Fsp3) is 0. The van der Waals surface area contributed by atoms with Gasteiger partial charge in [-0.05, 0) is 30.4 Å². The van der Waals surface area contributed by atoms with E-state index in [0.29, 0.717) is 11.1 Å². The molecule has 0 bridgehead atoms. The zero-order valence-electron chi connectivity index (χ0n) is 11.5. The summed E-state index contributed by atoms with van der Waals surface area (Å²) in [7, 11) is 0. The van der Waals surface area contributed by atoms with Crippen LogP contribution in [0.5, 0.6) is 5.75 Å². The molecule has 0 radical (unpaired) electrons. The van der Waals surface area contributed by atoms with Crippen LogP contribution in [0.3, 0.4) is 0 Å². The van der Waals surface area contributed by atoms with Crippen LogP contribution in [0.25, 0.3) is 6.08 Å². The van der Waals surface area contributed by atoms with Crippen molar-refractivity contribution in [3.8, 4) is 5.75 Å². The maximum Gasteiger partial charge on any atom is 0.276 e. The summed E-state index contributed by atoms with van der Waals surface area (Å²) in [5, 5.41) is 27.9. The Labute approximate surface area is 126 Å². The Morgan fingerprint density at radius 1 is 1.00 bits per heavy atom. The number of hydrogen-bond acceptors (Lipinski definition) is 5. The summed E-state index contributed by atoms with van der Waals surface area (Å²) in [6, 6.07) is 13.2. The fourth-order valence-corrected chi connectivity index (χ4v) is 1.71. The molecule has 0 saturated heterocycles. The van der Waals surface area contributed by atoms with E-state index in [0.717, 1.165) is 0 Å². The predicted molar refractivity (Wildman–Crippen MR) is 86.3 cm³/mol. The van der Waals surface area contributed by atoms with Gasteiger partial charge in [0.15, 0.2) is 0 Å². The third-order valence-electron chi connectivity index (χ3n) is 2.76. The van der Waals surface area contributed by atoms with Gasteiger partial charge in [-0.15, -0.1) is 0 Å². The Hall–Kier alpha value is -3.28. The second-order valence-corrected chi connectivity index (χ2v) is 4.24. The number of benzene rings is 2. The van der Waals surface area contributed by atoms with Gasteiger partial charge in [0.2, 0.25) is 0 Å². The van der Waals surface area contributed by atoms with Crippen molar-refractivity contribution in [2.45, 2.75) is 0 Å².